The van der Waals surface area contributed by atoms with E-state index < -0.39 is 31.9 Å². The van der Waals surface area contributed by atoms with Crippen LogP contribution in [0.15, 0.2) is 29.2 Å². The highest BCUT2D eigenvalue weighted by Crippen LogP contribution is 2.17. The highest BCUT2D eigenvalue weighted by atomic mass is 32.2. The predicted octanol–water partition coefficient (Wildman–Crippen LogP) is 0.717. The van der Waals surface area contributed by atoms with Crippen molar-refractivity contribution in [2.75, 3.05) is 11.5 Å². The van der Waals surface area contributed by atoms with Crippen molar-refractivity contribution >= 4 is 25.8 Å². The van der Waals surface area contributed by atoms with Crippen LogP contribution in [-0.2, 0) is 24.6 Å². The number of nitrogens with one attached hydrogen (secondary N) is 1. The molecule has 1 aromatic rings. The molecule has 1 aliphatic heterocycles. The van der Waals surface area contributed by atoms with Gasteiger partial charge in [-0.15, -0.1) is 0 Å². The first-order chi connectivity index (χ1) is 10.6. The molecule has 0 amide bonds. The van der Waals surface area contributed by atoms with Gasteiger partial charge in [-0.25, -0.2) is 26.4 Å². The minimum Gasteiger partial charge on any atom is -0.459 e. The predicted molar refractivity (Wildman–Crippen MR) is 84.4 cm³/mol. The smallest absolute Gasteiger partial charge is 0.338 e. The number of rotatable bonds is 5. The first-order valence-corrected chi connectivity index (χ1v) is 10.4. The average molecular weight is 361 g/mol. The number of esters is 1. The molecule has 1 N–H and O–H groups in total. The van der Waals surface area contributed by atoms with E-state index in [9.17, 15) is 21.6 Å². The number of sulfone groups is 1. The second kappa shape index (κ2) is 6.58. The second-order valence-electron chi connectivity index (χ2n) is 5.70. The highest BCUT2D eigenvalue weighted by molar-refractivity contribution is 7.92. The maximum Gasteiger partial charge on any atom is 0.338 e. The van der Waals surface area contributed by atoms with E-state index in [0.29, 0.717) is 0 Å². The number of sulfonamides is 1. The SMILES string of the molecule is CC(C)OC(=O)c1ccc(S(=O)(=O)N[C@H]2CCS(=O)(=O)C2)cc1. The lowest BCUT2D eigenvalue weighted by molar-refractivity contribution is 0.0377. The Balaban J connectivity index is 2.10. The van der Waals surface area contributed by atoms with E-state index in [0.717, 1.165) is 0 Å². The number of benzene rings is 1. The van der Waals surface area contributed by atoms with E-state index in [4.69, 9.17) is 4.74 Å². The standard InChI is InChI=1S/C14H19NO6S2/c1-10(2)21-14(16)11-3-5-13(6-4-11)23(19,20)15-12-7-8-22(17,18)9-12/h3-6,10,12,15H,7-9H2,1-2H3/t12-/m0/s1. The van der Waals surface area contributed by atoms with Crippen molar-refractivity contribution < 1.29 is 26.4 Å². The van der Waals surface area contributed by atoms with Crippen LogP contribution in [0.1, 0.15) is 30.6 Å². The van der Waals surface area contributed by atoms with Crippen LogP contribution in [0.2, 0.25) is 0 Å². The zero-order valence-corrected chi connectivity index (χ0v) is 14.5. The van der Waals surface area contributed by atoms with Gasteiger partial charge in [-0.1, -0.05) is 0 Å². The summed E-state index contributed by atoms with van der Waals surface area (Å²) in [5, 5.41) is 0. The zero-order chi connectivity index (χ0) is 17.3. The van der Waals surface area contributed by atoms with Gasteiger partial charge in [0.2, 0.25) is 10.0 Å². The third kappa shape index (κ3) is 4.76. The summed E-state index contributed by atoms with van der Waals surface area (Å²) in [6, 6.07) is 4.70. The lowest BCUT2D eigenvalue weighted by Crippen LogP contribution is -2.35. The molecule has 0 radical (unpaired) electrons. The molecule has 128 valence electrons. The fourth-order valence-electron chi connectivity index (χ4n) is 2.23. The van der Waals surface area contributed by atoms with Crippen molar-refractivity contribution in [3.63, 3.8) is 0 Å². The third-order valence-corrected chi connectivity index (χ3v) is 6.60. The third-order valence-electron chi connectivity index (χ3n) is 3.30. The van der Waals surface area contributed by atoms with Gasteiger partial charge in [0.1, 0.15) is 0 Å². The van der Waals surface area contributed by atoms with Crippen LogP contribution in [0, 0.1) is 0 Å². The Kier molecular flexibility index (Phi) is 5.12. The van der Waals surface area contributed by atoms with Crippen LogP contribution in [0.5, 0.6) is 0 Å². The molecule has 0 unspecified atom stereocenters. The van der Waals surface area contributed by atoms with Crippen LogP contribution in [0.3, 0.4) is 0 Å². The lowest BCUT2D eigenvalue weighted by atomic mass is 10.2. The summed E-state index contributed by atoms with van der Waals surface area (Å²) in [7, 11) is -6.99. The number of ether oxygens (including phenoxy) is 1. The maximum absolute atomic E-state index is 12.2. The number of carbonyl (C=O) groups excluding carboxylic acids is 1. The summed E-state index contributed by atoms with van der Waals surface area (Å²) < 4.78 is 54.6. The lowest BCUT2D eigenvalue weighted by Gasteiger charge is -2.12. The molecule has 1 heterocycles. The molecule has 0 bridgehead atoms. The molecule has 2 rings (SSSR count). The Bertz CT molecular complexity index is 781. The van der Waals surface area contributed by atoms with Gasteiger partial charge < -0.3 is 4.74 Å². The quantitative estimate of drug-likeness (QED) is 0.775. The molecular formula is C14H19NO6S2. The molecule has 23 heavy (non-hydrogen) atoms. The minimum absolute atomic E-state index is 0.0137. The molecule has 0 aromatic heterocycles. The van der Waals surface area contributed by atoms with Crippen molar-refractivity contribution in [3.05, 3.63) is 29.8 Å². The Labute approximate surface area is 136 Å². The summed E-state index contributed by atoms with van der Waals surface area (Å²) in [5.41, 5.74) is 0.251. The molecule has 7 nitrogen and oxygen atoms in total. The van der Waals surface area contributed by atoms with Crippen LogP contribution >= 0.6 is 0 Å². The molecule has 1 fully saturated rings. The molecule has 0 saturated carbocycles. The first kappa shape index (κ1) is 17.9. The van der Waals surface area contributed by atoms with Crippen LogP contribution in [0.25, 0.3) is 0 Å². The second-order valence-corrected chi connectivity index (χ2v) is 9.64. The number of hydrogen-bond acceptors (Lipinski definition) is 6. The molecule has 1 saturated heterocycles. The number of carbonyl (C=O) groups is 1. The normalized spacial score (nSPS) is 20.6. The summed E-state index contributed by atoms with van der Waals surface area (Å²) in [6.45, 7) is 3.44. The Morgan fingerprint density at radius 2 is 1.87 bits per heavy atom. The van der Waals surface area contributed by atoms with Crippen molar-refractivity contribution in [2.45, 2.75) is 37.3 Å². The van der Waals surface area contributed by atoms with Gasteiger partial charge in [0.05, 0.1) is 28.1 Å². The van der Waals surface area contributed by atoms with E-state index in [1.165, 1.54) is 24.3 Å². The number of hydrogen-bond donors (Lipinski definition) is 1. The minimum atomic E-state index is -3.83. The molecule has 0 spiro atoms. The van der Waals surface area contributed by atoms with Crippen LogP contribution in [0.4, 0.5) is 0 Å². The molecular weight excluding hydrogens is 342 g/mol. The van der Waals surface area contributed by atoms with E-state index in [2.05, 4.69) is 4.72 Å². The highest BCUT2D eigenvalue weighted by Gasteiger charge is 2.31. The van der Waals surface area contributed by atoms with Gasteiger partial charge in [0.15, 0.2) is 9.84 Å². The van der Waals surface area contributed by atoms with Gasteiger partial charge in [-0.05, 0) is 44.5 Å². The van der Waals surface area contributed by atoms with Gasteiger partial charge >= 0.3 is 5.97 Å². The first-order valence-electron chi connectivity index (χ1n) is 7.13. The Morgan fingerprint density at radius 1 is 1.26 bits per heavy atom. The summed E-state index contributed by atoms with van der Waals surface area (Å²) >= 11 is 0. The molecule has 1 aromatic carbocycles. The van der Waals surface area contributed by atoms with Gasteiger partial charge in [-0.2, -0.15) is 0 Å². The van der Waals surface area contributed by atoms with Crippen LogP contribution in [-0.4, -0.2) is 46.5 Å². The van der Waals surface area contributed by atoms with Gasteiger partial charge in [0, 0.05) is 6.04 Å². The summed E-state index contributed by atoms with van der Waals surface area (Å²) in [5.74, 6) is -0.732. The average Bonchev–Trinajstić information content (AvgIpc) is 2.76. The van der Waals surface area contributed by atoms with Crippen molar-refractivity contribution in [1.29, 1.82) is 0 Å². The fourth-order valence-corrected chi connectivity index (χ4v) is 5.28. The largest absolute Gasteiger partial charge is 0.459 e. The van der Waals surface area contributed by atoms with Gasteiger partial charge in [0.25, 0.3) is 0 Å². The molecule has 1 aliphatic rings. The monoisotopic (exact) mass is 361 g/mol. The molecule has 1 atom stereocenters. The van der Waals surface area contributed by atoms with E-state index in [-0.39, 0.29) is 34.5 Å². The zero-order valence-electron chi connectivity index (χ0n) is 12.9. The molecule has 0 aliphatic carbocycles. The van der Waals surface area contributed by atoms with Gasteiger partial charge in [-0.3, -0.25) is 0 Å². The van der Waals surface area contributed by atoms with E-state index in [1.807, 2.05) is 0 Å². The van der Waals surface area contributed by atoms with E-state index in [1.54, 1.807) is 13.8 Å². The maximum atomic E-state index is 12.2. The Hall–Kier alpha value is -1.45. The van der Waals surface area contributed by atoms with Crippen LogP contribution < -0.4 is 4.72 Å². The van der Waals surface area contributed by atoms with Crippen molar-refractivity contribution in [2.24, 2.45) is 0 Å². The van der Waals surface area contributed by atoms with Crippen molar-refractivity contribution in [3.8, 4) is 0 Å². The summed E-state index contributed by atoms with van der Waals surface area (Å²) in [4.78, 5) is 11.7. The Morgan fingerprint density at radius 3 is 2.35 bits per heavy atom. The molecule has 9 heteroatoms. The topological polar surface area (TPSA) is 107 Å². The van der Waals surface area contributed by atoms with E-state index >= 15 is 0 Å². The summed E-state index contributed by atoms with van der Waals surface area (Å²) in [6.07, 6.45) is -0.00252. The fraction of sp³-hybridized carbons (Fsp3) is 0.500. The van der Waals surface area contributed by atoms with Crippen molar-refractivity contribution in [1.82, 2.24) is 4.72 Å².